The van der Waals surface area contributed by atoms with Crippen LogP contribution < -0.4 is 0 Å². The van der Waals surface area contributed by atoms with Gasteiger partial charge in [-0.05, 0) is 33.6 Å². The van der Waals surface area contributed by atoms with Gasteiger partial charge < -0.3 is 9.84 Å². The number of aliphatic hydroxyl groups is 1. The fourth-order valence-electron chi connectivity index (χ4n) is 1.69. The van der Waals surface area contributed by atoms with E-state index in [1.807, 2.05) is 13.8 Å². The highest BCUT2D eigenvalue weighted by molar-refractivity contribution is 5.05. The Kier molecular flexibility index (Phi) is 2.59. The van der Waals surface area contributed by atoms with Crippen LogP contribution in [0.15, 0.2) is 12.2 Å². The molecule has 0 saturated carbocycles. The minimum atomic E-state index is -0.178. The van der Waals surface area contributed by atoms with Gasteiger partial charge in [0.25, 0.3) is 0 Å². The minimum Gasteiger partial charge on any atom is -0.396 e. The molecule has 70 valence electrons. The molecular weight excluding hydrogens is 152 g/mol. The van der Waals surface area contributed by atoms with E-state index in [0.29, 0.717) is 6.42 Å². The van der Waals surface area contributed by atoms with Crippen LogP contribution in [0.2, 0.25) is 0 Å². The highest BCUT2D eigenvalue weighted by Gasteiger charge is 2.33. The summed E-state index contributed by atoms with van der Waals surface area (Å²) in [5.41, 5.74) is -0.352. The zero-order valence-corrected chi connectivity index (χ0v) is 8.13. The van der Waals surface area contributed by atoms with Crippen molar-refractivity contribution in [3.63, 3.8) is 0 Å². The quantitative estimate of drug-likeness (QED) is 0.641. The Morgan fingerprint density at radius 1 is 1.42 bits per heavy atom. The van der Waals surface area contributed by atoms with Gasteiger partial charge in [-0.1, -0.05) is 12.2 Å². The molecule has 12 heavy (non-hydrogen) atoms. The molecule has 0 saturated heterocycles. The van der Waals surface area contributed by atoms with Crippen molar-refractivity contribution in [2.75, 3.05) is 6.61 Å². The molecule has 1 atom stereocenters. The molecule has 0 aromatic rings. The van der Waals surface area contributed by atoms with Crippen LogP contribution in [0.25, 0.3) is 0 Å². The summed E-state index contributed by atoms with van der Waals surface area (Å²) in [5.74, 6) is 0. The Morgan fingerprint density at radius 2 is 2.08 bits per heavy atom. The van der Waals surface area contributed by atoms with Crippen LogP contribution in [0.1, 0.15) is 33.6 Å². The van der Waals surface area contributed by atoms with Gasteiger partial charge in [-0.15, -0.1) is 0 Å². The lowest BCUT2D eigenvalue weighted by atomic mass is 9.91. The summed E-state index contributed by atoms with van der Waals surface area (Å²) >= 11 is 0. The molecule has 0 aromatic heterocycles. The Morgan fingerprint density at radius 3 is 2.58 bits per heavy atom. The number of ether oxygens (including phenoxy) is 1. The maximum atomic E-state index is 8.85. The zero-order chi connectivity index (χ0) is 9.24. The van der Waals surface area contributed by atoms with E-state index in [2.05, 4.69) is 19.1 Å². The van der Waals surface area contributed by atoms with Crippen LogP contribution in [0.5, 0.6) is 0 Å². The highest BCUT2D eigenvalue weighted by atomic mass is 16.5. The SMILES string of the molecule is CC1(C)C=CCC(C)(CCO)O1. The van der Waals surface area contributed by atoms with E-state index in [1.54, 1.807) is 0 Å². The predicted molar refractivity (Wildman–Crippen MR) is 49.0 cm³/mol. The maximum absolute atomic E-state index is 8.85. The van der Waals surface area contributed by atoms with E-state index in [0.717, 1.165) is 6.42 Å². The Labute approximate surface area is 74.2 Å². The van der Waals surface area contributed by atoms with Crippen LogP contribution in [-0.4, -0.2) is 22.9 Å². The fraction of sp³-hybridized carbons (Fsp3) is 0.800. The fourth-order valence-corrected chi connectivity index (χ4v) is 1.69. The molecule has 2 nitrogen and oxygen atoms in total. The van der Waals surface area contributed by atoms with Crippen molar-refractivity contribution in [1.82, 2.24) is 0 Å². The first-order valence-corrected chi connectivity index (χ1v) is 4.46. The normalized spacial score (nSPS) is 33.7. The second-order valence-corrected chi connectivity index (χ2v) is 4.24. The third-order valence-electron chi connectivity index (χ3n) is 2.22. The molecule has 2 heteroatoms. The summed E-state index contributed by atoms with van der Waals surface area (Å²) in [5, 5.41) is 8.85. The Balaban J connectivity index is 2.66. The van der Waals surface area contributed by atoms with E-state index in [9.17, 15) is 0 Å². The number of aliphatic hydroxyl groups excluding tert-OH is 1. The molecule has 0 aromatic carbocycles. The highest BCUT2D eigenvalue weighted by Crippen LogP contribution is 2.32. The van der Waals surface area contributed by atoms with Crippen LogP contribution >= 0.6 is 0 Å². The van der Waals surface area contributed by atoms with Gasteiger partial charge in [0, 0.05) is 6.61 Å². The third-order valence-corrected chi connectivity index (χ3v) is 2.22. The van der Waals surface area contributed by atoms with E-state index in [-0.39, 0.29) is 17.8 Å². The van der Waals surface area contributed by atoms with Gasteiger partial charge in [0.05, 0.1) is 11.2 Å². The van der Waals surface area contributed by atoms with Crippen molar-refractivity contribution < 1.29 is 9.84 Å². The average Bonchev–Trinajstić information content (AvgIpc) is 1.83. The van der Waals surface area contributed by atoms with Crippen molar-refractivity contribution >= 4 is 0 Å². The van der Waals surface area contributed by atoms with Crippen LogP contribution in [0, 0.1) is 0 Å². The first-order chi connectivity index (χ1) is 5.47. The maximum Gasteiger partial charge on any atom is 0.0813 e. The standard InChI is InChI=1S/C10H18O2/c1-9(2)5-4-6-10(3,12-9)7-8-11/h4-5,11H,6-8H2,1-3H3. The van der Waals surface area contributed by atoms with Gasteiger partial charge >= 0.3 is 0 Å². The molecule has 1 unspecified atom stereocenters. The molecule has 1 aliphatic rings. The number of rotatable bonds is 2. The zero-order valence-electron chi connectivity index (χ0n) is 8.13. The van der Waals surface area contributed by atoms with Crippen molar-refractivity contribution in [2.45, 2.75) is 44.8 Å². The summed E-state index contributed by atoms with van der Waals surface area (Å²) < 4.78 is 5.85. The first kappa shape index (κ1) is 9.75. The van der Waals surface area contributed by atoms with Crippen molar-refractivity contribution in [2.24, 2.45) is 0 Å². The summed E-state index contributed by atoms with van der Waals surface area (Å²) in [6.07, 6.45) is 5.82. The minimum absolute atomic E-state index is 0.174. The lowest BCUT2D eigenvalue weighted by molar-refractivity contribution is -0.122. The van der Waals surface area contributed by atoms with Crippen molar-refractivity contribution in [3.05, 3.63) is 12.2 Å². The molecule has 0 bridgehead atoms. The number of hydrogen-bond donors (Lipinski definition) is 1. The first-order valence-electron chi connectivity index (χ1n) is 4.46. The van der Waals surface area contributed by atoms with Gasteiger partial charge in [-0.25, -0.2) is 0 Å². The van der Waals surface area contributed by atoms with Crippen molar-refractivity contribution in [3.8, 4) is 0 Å². The van der Waals surface area contributed by atoms with E-state index < -0.39 is 0 Å². The van der Waals surface area contributed by atoms with Gasteiger partial charge in [0.15, 0.2) is 0 Å². The molecule has 0 radical (unpaired) electrons. The average molecular weight is 170 g/mol. The van der Waals surface area contributed by atoms with E-state index >= 15 is 0 Å². The second kappa shape index (κ2) is 3.19. The van der Waals surface area contributed by atoms with Gasteiger partial charge in [0.2, 0.25) is 0 Å². The van der Waals surface area contributed by atoms with E-state index in [4.69, 9.17) is 9.84 Å². The summed E-state index contributed by atoms with van der Waals surface area (Å²) in [6, 6.07) is 0. The van der Waals surface area contributed by atoms with Gasteiger partial charge in [0.1, 0.15) is 0 Å². The third kappa shape index (κ3) is 2.32. The lowest BCUT2D eigenvalue weighted by Gasteiger charge is -2.39. The van der Waals surface area contributed by atoms with Gasteiger partial charge in [-0.3, -0.25) is 0 Å². The van der Waals surface area contributed by atoms with Gasteiger partial charge in [-0.2, -0.15) is 0 Å². The monoisotopic (exact) mass is 170 g/mol. The predicted octanol–water partition coefficient (Wildman–Crippen LogP) is 1.88. The molecule has 0 spiro atoms. The molecule has 0 amide bonds. The van der Waals surface area contributed by atoms with Crippen LogP contribution in [0.4, 0.5) is 0 Å². The summed E-state index contributed by atoms with van der Waals surface area (Å²) in [4.78, 5) is 0. The molecule has 0 fully saturated rings. The molecule has 1 rings (SSSR count). The van der Waals surface area contributed by atoms with Crippen molar-refractivity contribution in [1.29, 1.82) is 0 Å². The molecule has 1 N–H and O–H groups in total. The Bertz CT molecular complexity index is 184. The summed E-state index contributed by atoms with van der Waals surface area (Å²) in [7, 11) is 0. The van der Waals surface area contributed by atoms with Crippen LogP contribution in [-0.2, 0) is 4.74 Å². The smallest absolute Gasteiger partial charge is 0.0813 e. The number of hydrogen-bond acceptors (Lipinski definition) is 2. The lowest BCUT2D eigenvalue weighted by Crippen LogP contribution is -2.41. The largest absolute Gasteiger partial charge is 0.396 e. The topological polar surface area (TPSA) is 29.5 Å². The molecule has 0 aliphatic carbocycles. The molecule has 1 heterocycles. The van der Waals surface area contributed by atoms with E-state index in [1.165, 1.54) is 0 Å². The molecule has 1 aliphatic heterocycles. The summed E-state index contributed by atoms with van der Waals surface area (Å²) in [6.45, 7) is 6.32. The Hall–Kier alpha value is -0.340. The second-order valence-electron chi connectivity index (χ2n) is 4.24. The molecular formula is C10H18O2. The van der Waals surface area contributed by atoms with Crippen LogP contribution in [0.3, 0.4) is 0 Å².